The van der Waals surface area contributed by atoms with Crippen LogP contribution in [0.25, 0.3) is 0 Å². The molecule has 0 atom stereocenters. The van der Waals surface area contributed by atoms with E-state index >= 15 is 0 Å². The van der Waals surface area contributed by atoms with Gasteiger partial charge in [-0.2, -0.15) is 0 Å². The van der Waals surface area contributed by atoms with Crippen molar-refractivity contribution in [2.24, 2.45) is 0 Å². The van der Waals surface area contributed by atoms with E-state index in [1.165, 1.54) is 0 Å². The molecule has 0 aromatic rings. The van der Waals surface area contributed by atoms with Crippen molar-refractivity contribution in [1.29, 1.82) is 0 Å². The Hall–Kier alpha value is -0.770. The summed E-state index contributed by atoms with van der Waals surface area (Å²) in [6, 6.07) is 0. The molecule has 0 spiro atoms. The molecule has 44 valence electrons. The predicted octanol–water partition coefficient (Wildman–Crippen LogP) is 0.765. The smallest absolute Gasteiger partial charge is 0.372 e. The van der Waals surface area contributed by atoms with Crippen LogP contribution in [0.3, 0.4) is 0 Å². The van der Waals surface area contributed by atoms with Gasteiger partial charge in [-0.3, -0.25) is 0 Å². The van der Waals surface area contributed by atoms with Crippen LogP contribution in [0, 0.1) is 0 Å². The average molecular weight is 132 g/mol. The fraction of sp³-hybridized carbons (Fsp3) is 0. The molecular weight excluding hydrogens is 128 g/mol. The molecule has 0 fully saturated rings. The first-order valence-electron chi connectivity index (χ1n) is 1.74. The van der Waals surface area contributed by atoms with Crippen molar-refractivity contribution >= 4 is 23.9 Å². The van der Waals surface area contributed by atoms with E-state index in [1.807, 2.05) is 0 Å². The summed E-state index contributed by atoms with van der Waals surface area (Å²) in [6.07, 6.45) is 0.883. The number of carbonyl (C=O) groups is 2. The van der Waals surface area contributed by atoms with Gasteiger partial charge < -0.3 is 4.74 Å². The third kappa shape index (κ3) is 3.42. The Morgan fingerprint density at radius 3 is 2.25 bits per heavy atom. The van der Waals surface area contributed by atoms with Crippen LogP contribution in [-0.2, 0) is 9.53 Å². The Morgan fingerprint density at radius 2 is 2.12 bits per heavy atom. The van der Waals surface area contributed by atoms with Crippen LogP contribution in [0.1, 0.15) is 0 Å². The highest BCUT2D eigenvalue weighted by Gasteiger charge is 1.97. The standard InChI is InChI=1S/C4H4O3S/c1-2-3(5)7-4(6)8/h2H,1H2,(H,6,8). The Bertz CT molecular complexity index is 129. The van der Waals surface area contributed by atoms with Gasteiger partial charge in [0, 0.05) is 6.08 Å². The zero-order valence-corrected chi connectivity index (χ0v) is 4.85. The summed E-state index contributed by atoms with van der Waals surface area (Å²) in [5, 5.41) is -0.921. The molecule has 0 aliphatic rings. The quantitative estimate of drug-likeness (QED) is 0.248. The third-order valence-corrected chi connectivity index (χ3v) is 0.446. The lowest BCUT2D eigenvalue weighted by atomic mass is 10.7. The van der Waals surface area contributed by atoms with Crippen LogP contribution in [0.4, 0.5) is 4.79 Å². The van der Waals surface area contributed by atoms with E-state index in [1.54, 1.807) is 0 Å². The topological polar surface area (TPSA) is 43.4 Å². The average Bonchev–Trinajstić information content (AvgIpc) is 1.65. The maximum absolute atomic E-state index is 10.0. The van der Waals surface area contributed by atoms with Crippen LogP contribution < -0.4 is 0 Å². The van der Waals surface area contributed by atoms with Gasteiger partial charge >= 0.3 is 11.3 Å². The van der Waals surface area contributed by atoms with Gasteiger partial charge in [0.25, 0.3) is 0 Å². The van der Waals surface area contributed by atoms with E-state index in [4.69, 9.17) is 0 Å². The molecule has 0 aromatic heterocycles. The highest BCUT2D eigenvalue weighted by atomic mass is 32.1. The fourth-order valence-corrected chi connectivity index (χ4v) is 0.218. The van der Waals surface area contributed by atoms with Crippen LogP contribution in [0.15, 0.2) is 12.7 Å². The van der Waals surface area contributed by atoms with E-state index in [-0.39, 0.29) is 0 Å². The molecule has 0 bridgehead atoms. The molecule has 0 heterocycles. The first kappa shape index (κ1) is 7.23. The fourth-order valence-electron chi connectivity index (χ4n) is 0.128. The van der Waals surface area contributed by atoms with Crippen molar-refractivity contribution in [3.63, 3.8) is 0 Å². The minimum Gasteiger partial charge on any atom is -0.382 e. The molecule has 0 aliphatic carbocycles. The van der Waals surface area contributed by atoms with E-state index in [9.17, 15) is 9.59 Å². The van der Waals surface area contributed by atoms with E-state index < -0.39 is 11.3 Å². The summed E-state index contributed by atoms with van der Waals surface area (Å²) in [4.78, 5) is 19.8. The minimum atomic E-state index is -0.921. The number of thiol groups is 1. The van der Waals surface area contributed by atoms with Gasteiger partial charge in [-0.1, -0.05) is 19.2 Å². The second kappa shape index (κ2) is 3.26. The number of hydrogen-bond donors (Lipinski definition) is 1. The summed E-state index contributed by atoms with van der Waals surface area (Å²) >= 11 is 3.16. The highest BCUT2D eigenvalue weighted by molar-refractivity contribution is 7.96. The largest absolute Gasteiger partial charge is 0.382 e. The Labute approximate surface area is 51.7 Å². The SMILES string of the molecule is C=CC(=O)OC(=O)S. The lowest BCUT2D eigenvalue weighted by molar-refractivity contribution is -0.130. The molecule has 4 heteroatoms. The normalized spacial score (nSPS) is 7.62. The molecule has 0 rings (SSSR count). The molecule has 0 saturated heterocycles. The van der Waals surface area contributed by atoms with Crippen LogP contribution in [0.5, 0.6) is 0 Å². The van der Waals surface area contributed by atoms with E-state index in [2.05, 4.69) is 23.9 Å². The Kier molecular flexibility index (Phi) is 2.95. The number of carbonyl (C=O) groups excluding carboxylic acids is 2. The molecule has 0 radical (unpaired) electrons. The van der Waals surface area contributed by atoms with Crippen molar-refractivity contribution in [1.82, 2.24) is 0 Å². The van der Waals surface area contributed by atoms with Crippen molar-refractivity contribution < 1.29 is 14.3 Å². The maximum Gasteiger partial charge on any atom is 0.372 e. The lowest BCUT2D eigenvalue weighted by Gasteiger charge is -1.88. The number of rotatable bonds is 1. The van der Waals surface area contributed by atoms with Gasteiger partial charge in [-0.25, -0.2) is 9.59 Å². The number of hydrogen-bond acceptors (Lipinski definition) is 3. The first-order chi connectivity index (χ1) is 3.66. The van der Waals surface area contributed by atoms with Gasteiger partial charge in [-0.15, -0.1) is 0 Å². The van der Waals surface area contributed by atoms with Crippen molar-refractivity contribution in [2.75, 3.05) is 0 Å². The molecule has 0 unspecified atom stereocenters. The van der Waals surface area contributed by atoms with Gasteiger partial charge in [0.2, 0.25) is 0 Å². The maximum atomic E-state index is 10.0. The predicted molar refractivity (Wildman–Crippen MR) is 30.7 cm³/mol. The molecule has 0 saturated carbocycles. The summed E-state index contributed by atoms with van der Waals surface area (Å²) in [5.74, 6) is -0.787. The van der Waals surface area contributed by atoms with Crippen LogP contribution in [0.2, 0.25) is 0 Å². The Morgan fingerprint density at radius 1 is 1.62 bits per heavy atom. The van der Waals surface area contributed by atoms with Crippen molar-refractivity contribution in [3.05, 3.63) is 12.7 Å². The van der Waals surface area contributed by atoms with Crippen LogP contribution in [-0.4, -0.2) is 11.3 Å². The van der Waals surface area contributed by atoms with Gasteiger partial charge in [0.15, 0.2) is 0 Å². The molecule has 0 amide bonds. The van der Waals surface area contributed by atoms with Crippen molar-refractivity contribution in [3.8, 4) is 0 Å². The molecule has 0 aliphatic heterocycles. The van der Waals surface area contributed by atoms with Gasteiger partial charge in [-0.05, 0) is 0 Å². The molecular formula is C4H4O3S. The number of ether oxygens (including phenoxy) is 1. The second-order valence-electron chi connectivity index (χ2n) is 0.891. The summed E-state index contributed by atoms with van der Waals surface area (Å²) in [5.41, 5.74) is 0. The number of esters is 1. The van der Waals surface area contributed by atoms with E-state index in [0.717, 1.165) is 6.08 Å². The third-order valence-electron chi connectivity index (χ3n) is 0.355. The van der Waals surface area contributed by atoms with Crippen molar-refractivity contribution in [2.45, 2.75) is 0 Å². The second-order valence-corrected chi connectivity index (χ2v) is 1.26. The van der Waals surface area contributed by atoms with Gasteiger partial charge in [0.05, 0.1) is 0 Å². The summed E-state index contributed by atoms with van der Waals surface area (Å²) < 4.78 is 3.87. The summed E-state index contributed by atoms with van der Waals surface area (Å²) in [7, 11) is 0. The first-order valence-corrected chi connectivity index (χ1v) is 2.18. The molecule has 0 aromatic carbocycles. The molecule has 0 N–H and O–H groups in total. The monoisotopic (exact) mass is 132 g/mol. The Balaban J connectivity index is 3.55. The highest BCUT2D eigenvalue weighted by Crippen LogP contribution is 1.86. The van der Waals surface area contributed by atoms with E-state index in [0.29, 0.717) is 0 Å². The van der Waals surface area contributed by atoms with Gasteiger partial charge in [0.1, 0.15) is 0 Å². The molecule has 3 nitrogen and oxygen atoms in total. The lowest BCUT2D eigenvalue weighted by Crippen LogP contribution is -2.00. The van der Waals surface area contributed by atoms with Crippen LogP contribution >= 0.6 is 12.6 Å². The summed E-state index contributed by atoms with van der Waals surface area (Å²) in [6.45, 7) is 3.05. The molecule has 8 heavy (non-hydrogen) atoms. The minimum absolute atomic E-state index is 0.787. The zero-order chi connectivity index (χ0) is 6.57. The zero-order valence-electron chi connectivity index (χ0n) is 3.96.